The van der Waals surface area contributed by atoms with E-state index in [9.17, 15) is 13.2 Å². The van der Waals surface area contributed by atoms with E-state index in [1.807, 2.05) is 0 Å². The lowest BCUT2D eigenvalue weighted by atomic mass is 10.3. The molecule has 2 N–H and O–H groups in total. The molecule has 0 bridgehead atoms. The number of nitrogens with one attached hydrogen (secondary N) is 1. The molecular weight excluding hydrogens is 296 g/mol. The fourth-order valence-corrected chi connectivity index (χ4v) is 2.57. The van der Waals surface area contributed by atoms with E-state index in [1.54, 1.807) is 6.92 Å². The fraction of sp³-hybridized carbons (Fsp3) is 0.385. The third-order valence-corrected chi connectivity index (χ3v) is 3.82. The lowest BCUT2D eigenvalue weighted by molar-refractivity contribution is -0.144. The van der Waals surface area contributed by atoms with E-state index < -0.39 is 22.0 Å². The van der Waals surface area contributed by atoms with Gasteiger partial charge in [-0.15, -0.1) is 0 Å². The van der Waals surface area contributed by atoms with Crippen LogP contribution < -0.4 is 4.72 Å². The summed E-state index contributed by atoms with van der Waals surface area (Å²) in [6, 6.07) is 0.290. The highest BCUT2D eigenvalue weighted by atomic mass is 32.2. The zero-order chi connectivity index (χ0) is 15.9. The zero-order valence-electron chi connectivity index (χ0n) is 11.7. The maximum absolute atomic E-state index is 12.1. The van der Waals surface area contributed by atoms with Gasteiger partial charge >= 0.3 is 5.97 Å². The standard InChI is InChI=1S/C13H16N2O5S/c1-3-20-13(17)10(2)15-21(18,19)12-7-11(5-4-6-16)8-14-9-12/h7-10,15-16H,3,6H2,1-2H3. The van der Waals surface area contributed by atoms with E-state index in [-0.39, 0.29) is 18.1 Å². The van der Waals surface area contributed by atoms with E-state index in [4.69, 9.17) is 9.84 Å². The van der Waals surface area contributed by atoms with Crippen LogP contribution in [-0.2, 0) is 19.6 Å². The average Bonchev–Trinajstić information content (AvgIpc) is 2.45. The highest BCUT2D eigenvalue weighted by molar-refractivity contribution is 7.89. The number of rotatable bonds is 5. The number of hydrogen-bond acceptors (Lipinski definition) is 6. The van der Waals surface area contributed by atoms with Crippen LogP contribution in [0.2, 0.25) is 0 Å². The molecule has 1 aromatic rings. The van der Waals surface area contributed by atoms with Crippen LogP contribution in [0, 0.1) is 11.8 Å². The van der Waals surface area contributed by atoms with Gasteiger partial charge in [0.2, 0.25) is 10.0 Å². The van der Waals surface area contributed by atoms with E-state index in [1.165, 1.54) is 19.2 Å². The molecule has 0 fully saturated rings. The van der Waals surface area contributed by atoms with Gasteiger partial charge in [-0.25, -0.2) is 8.42 Å². The van der Waals surface area contributed by atoms with E-state index in [0.717, 1.165) is 6.20 Å². The molecule has 1 aromatic heterocycles. The topological polar surface area (TPSA) is 106 Å². The number of aliphatic hydroxyl groups is 1. The van der Waals surface area contributed by atoms with Gasteiger partial charge in [0.25, 0.3) is 0 Å². The Labute approximate surface area is 123 Å². The van der Waals surface area contributed by atoms with Gasteiger partial charge < -0.3 is 9.84 Å². The smallest absolute Gasteiger partial charge is 0.323 e. The molecule has 1 rings (SSSR count). The molecule has 7 nitrogen and oxygen atoms in total. The van der Waals surface area contributed by atoms with Gasteiger partial charge in [0.15, 0.2) is 0 Å². The van der Waals surface area contributed by atoms with Crippen LogP contribution in [0.25, 0.3) is 0 Å². The van der Waals surface area contributed by atoms with Crippen LogP contribution in [0.1, 0.15) is 19.4 Å². The van der Waals surface area contributed by atoms with Gasteiger partial charge in [-0.3, -0.25) is 9.78 Å². The van der Waals surface area contributed by atoms with Crippen molar-refractivity contribution in [2.24, 2.45) is 0 Å². The second-order valence-corrected chi connectivity index (χ2v) is 5.68. The largest absolute Gasteiger partial charge is 0.465 e. The van der Waals surface area contributed by atoms with Crippen molar-refractivity contribution in [1.82, 2.24) is 9.71 Å². The highest BCUT2D eigenvalue weighted by Crippen LogP contribution is 2.10. The molecule has 0 amide bonds. The number of aromatic nitrogens is 1. The molecular formula is C13H16N2O5S. The summed E-state index contributed by atoms with van der Waals surface area (Å²) in [4.78, 5) is 15.1. The van der Waals surface area contributed by atoms with Crippen molar-refractivity contribution in [3.05, 3.63) is 24.0 Å². The van der Waals surface area contributed by atoms with Gasteiger partial charge in [0.05, 0.1) is 6.61 Å². The van der Waals surface area contributed by atoms with Crippen LogP contribution >= 0.6 is 0 Å². The van der Waals surface area contributed by atoms with Crippen LogP contribution in [0.3, 0.4) is 0 Å². The molecule has 0 radical (unpaired) electrons. The van der Waals surface area contributed by atoms with Crippen molar-refractivity contribution in [2.75, 3.05) is 13.2 Å². The second kappa shape index (κ2) is 7.73. The van der Waals surface area contributed by atoms with Gasteiger partial charge in [-0.05, 0) is 19.9 Å². The maximum atomic E-state index is 12.1. The molecule has 1 unspecified atom stereocenters. The molecule has 0 aromatic carbocycles. The Bertz CT molecular complexity index is 661. The molecule has 0 aliphatic rings. The molecule has 8 heteroatoms. The van der Waals surface area contributed by atoms with Gasteiger partial charge in [0, 0.05) is 18.0 Å². The van der Waals surface area contributed by atoms with Crippen molar-refractivity contribution >= 4 is 16.0 Å². The summed E-state index contributed by atoms with van der Waals surface area (Å²) in [5.41, 5.74) is 0.343. The Balaban J connectivity index is 2.95. The van der Waals surface area contributed by atoms with Gasteiger partial charge in [-0.1, -0.05) is 11.8 Å². The van der Waals surface area contributed by atoms with Gasteiger partial charge in [0.1, 0.15) is 17.5 Å². The van der Waals surface area contributed by atoms with Crippen LogP contribution in [-0.4, -0.2) is 43.7 Å². The van der Waals surface area contributed by atoms with Crippen LogP contribution in [0.4, 0.5) is 0 Å². The number of carbonyl (C=O) groups excluding carboxylic acids is 1. The van der Waals surface area contributed by atoms with Crippen molar-refractivity contribution < 1.29 is 23.1 Å². The van der Waals surface area contributed by atoms with Crippen LogP contribution in [0.15, 0.2) is 23.4 Å². The lowest BCUT2D eigenvalue weighted by Crippen LogP contribution is -2.39. The molecule has 0 saturated heterocycles. The highest BCUT2D eigenvalue weighted by Gasteiger charge is 2.23. The first kappa shape index (κ1) is 17.1. The third kappa shape index (κ3) is 5.15. The Kier molecular flexibility index (Phi) is 6.30. The Morgan fingerprint density at radius 1 is 1.52 bits per heavy atom. The predicted octanol–water partition coefficient (Wildman–Crippen LogP) is -0.345. The number of esters is 1. The van der Waals surface area contributed by atoms with Gasteiger partial charge in [-0.2, -0.15) is 4.72 Å². The summed E-state index contributed by atoms with van der Waals surface area (Å²) in [6.07, 6.45) is 2.51. The van der Waals surface area contributed by atoms with Crippen LogP contribution in [0.5, 0.6) is 0 Å². The molecule has 21 heavy (non-hydrogen) atoms. The number of sulfonamides is 1. The normalized spacial score (nSPS) is 12.1. The quantitative estimate of drug-likeness (QED) is 0.569. The second-order valence-electron chi connectivity index (χ2n) is 3.96. The van der Waals surface area contributed by atoms with Crippen molar-refractivity contribution in [1.29, 1.82) is 0 Å². The summed E-state index contributed by atoms with van der Waals surface area (Å²) >= 11 is 0. The molecule has 0 saturated carbocycles. The number of pyridine rings is 1. The Morgan fingerprint density at radius 2 is 2.24 bits per heavy atom. The van der Waals surface area contributed by atoms with Crippen molar-refractivity contribution in [3.8, 4) is 11.8 Å². The van der Waals surface area contributed by atoms with E-state index >= 15 is 0 Å². The minimum Gasteiger partial charge on any atom is -0.465 e. The SMILES string of the molecule is CCOC(=O)C(C)NS(=O)(=O)c1cncc(C#CCO)c1. The fourth-order valence-electron chi connectivity index (χ4n) is 1.39. The zero-order valence-corrected chi connectivity index (χ0v) is 12.5. The summed E-state index contributed by atoms with van der Waals surface area (Å²) in [5, 5.41) is 8.61. The molecule has 114 valence electrons. The number of aliphatic hydroxyl groups excluding tert-OH is 1. The first-order chi connectivity index (χ1) is 9.90. The third-order valence-electron chi connectivity index (χ3n) is 2.31. The molecule has 0 aliphatic carbocycles. The number of carbonyl (C=O) groups is 1. The maximum Gasteiger partial charge on any atom is 0.323 e. The molecule has 0 spiro atoms. The van der Waals surface area contributed by atoms with E-state index in [2.05, 4.69) is 21.5 Å². The number of nitrogens with zero attached hydrogens (tertiary/aromatic N) is 1. The summed E-state index contributed by atoms with van der Waals surface area (Å²) in [7, 11) is -3.91. The predicted molar refractivity (Wildman–Crippen MR) is 74.6 cm³/mol. The van der Waals surface area contributed by atoms with Crippen molar-refractivity contribution in [3.63, 3.8) is 0 Å². The molecule has 1 heterocycles. The summed E-state index contributed by atoms with van der Waals surface area (Å²) in [5.74, 6) is 4.29. The minimum absolute atomic E-state index is 0.122. The minimum atomic E-state index is -3.91. The number of hydrogen-bond donors (Lipinski definition) is 2. The average molecular weight is 312 g/mol. The molecule has 0 aliphatic heterocycles. The summed E-state index contributed by atoms with van der Waals surface area (Å²) in [6.45, 7) is 2.85. The molecule has 1 atom stereocenters. The summed E-state index contributed by atoms with van der Waals surface area (Å²) < 4.78 is 31.2. The van der Waals surface area contributed by atoms with E-state index in [0.29, 0.717) is 5.56 Å². The number of ether oxygens (including phenoxy) is 1. The van der Waals surface area contributed by atoms with Crippen molar-refractivity contribution in [2.45, 2.75) is 24.8 Å². The Morgan fingerprint density at radius 3 is 2.86 bits per heavy atom. The monoisotopic (exact) mass is 312 g/mol. The lowest BCUT2D eigenvalue weighted by Gasteiger charge is -2.12. The first-order valence-corrected chi connectivity index (χ1v) is 7.62. The first-order valence-electron chi connectivity index (χ1n) is 6.14. The Hall–Kier alpha value is -1.95.